The van der Waals surface area contributed by atoms with E-state index in [-0.39, 0.29) is 6.03 Å². The molecule has 1 fully saturated rings. The third-order valence-electron chi connectivity index (χ3n) is 4.90. The van der Waals surface area contributed by atoms with E-state index >= 15 is 0 Å². The van der Waals surface area contributed by atoms with Crippen molar-refractivity contribution in [3.8, 4) is 11.5 Å². The zero-order valence-electron chi connectivity index (χ0n) is 16.3. The Hall–Kier alpha value is -3.62. The van der Waals surface area contributed by atoms with Crippen molar-refractivity contribution in [3.05, 3.63) is 43.0 Å². The average molecular weight is 394 g/mol. The van der Waals surface area contributed by atoms with Crippen molar-refractivity contribution in [1.82, 2.24) is 19.9 Å². The molecule has 2 amide bonds. The number of hydrogen-bond donors (Lipinski definition) is 1. The van der Waals surface area contributed by atoms with Crippen molar-refractivity contribution in [2.45, 2.75) is 0 Å². The van der Waals surface area contributed by atoms with Crippen molar-refractivity contribution in [2.75, 3.05) is 50.6 Å². The molecule has 1 N–H and O–H groups in total. The van der Waals surface area contributed by atoms with Gasteiger partial charge in [-0.2, -0.15) is 0 Å². The van der Waals surface area contributed by atoms with Crippen LogP contribution in [0.1, 0.15) is 0 Å². The number of rotatable bonds is 4. The number of hydrogen-bond acceptors (Lipinski definition) is 7. The molecule has 0 saturated carbocycles. The summed E-state index contributed by atoms with van der Waals surface area (Å²) in [5, 5.41) is 3.76. The van der Waals surface area contributed by atoms with Gasteiger partial charge in [0.1, 0.15) is 12.1 Å². The highest BCUT2D eigenvalue weighted by Gasteiger charge is 2.24. The summed E-state index contributed by atoms with van der Waals surface area (Å²) in [6.07, 6.45) is 4.85. The van der Waals surface area contributed by atoms with Gasteiger partial charge in [-0.1, -0.05) is 0 Å². The monoisotopic (exact) mass is 394 g/mol. The molecule has 3 heterocycles. The van der Waals surface area contributed by atoms with Crippen LogP contribution in [0, 0.1) is 0 Å². The van der Waals surface area contributed by atoms with Crippen molar-refractivity contribution in [2.24, 2.45) is 0 Å². The first kappa shape index (κ1) is 18.7. The summed E-state index contributed by atoms with van der Waals surface area (Å²) in [4.78, 5) is 29.3. The number of nitrogens with zero attached hydrogens (tertiary/aromatic N) is 5. The number of fused-ring (bicyclic) bond motifs is 1. The van der Waals surface area contributed by atoms with Gasteiger partial charge in [0.15, 0.2) is 11.5 Å². The SMILES string of the molecule is COc1cc2ncnc(N3CCN(C(=O)Nc4cccnc4)CC3)c2cc1OC. The van der Waals surface area contributed by atoms with Crippen LogP contribution in [-0.2, 0) is 0 Å². The largest absolute Gasteiger partial charge is 0.493 e. The van der Waals surface area contributed by atoms with Crippen LogP contribution in [0.4, 0.5) is 16.3 Å². The lowest BCUT2D eigenvalue weighted by molar-refractivity contribution is 0.208. The first-order valence-electron chi connectivity index (χ1n) is 9.27. The summed E-state index contributed by atoms with van der Waals surface area (Å²) >= 11 is 0. The molecule has 9 nitrogen and oxygen atoms in total. The van der Waals surface area contributed by atoms with Crippen LogP contribution < -0.4 is 19.7 Å². The van der Waals surface area contributed by atoms with Gasteiger partial charge in [0.05, 0.1) is 31.6 Å². The zero-order valence-corrected chi connectivity index (χ0v) is 16.3. The number of amides is 2. The quantitative estimate of drug-likeness (QED) is 0.726. The highest BCUT2D eigenvalue weighted by atomic mass is 16.5. The molecule has 0 radical (unpaired) electrons. The van der Waals surface area contributed by atoms with Crippen molar-refractivity contribution >= 4 is 28.4 Å². The van der Waals surface area contributed by atoms with Crippen LogP contribution in [0.15, 0.2) is 43.0 Å². The normalized spacial score (nSPS) is 14.0. The molecular weight excluding hydrogens is 372 g/mol. The Labute approximate surface area is 168 Å². The Morgan fingerprint density at radius 1 is 1.07 bits per heavy atom. The van der Waals surface area contributed by atoms with E-state index in [1.54, 1.807) is 43.9 Å². The minimum absolute atomic E-state index is 0.128. The van der Waals surface area contributed by atoms with Gasteiger partial charge in [0.25, 0.3) is 0 Å². The first-order valence-corrected chi connectivity index (χ1v) is 9.27. The van der Waals surface area contributed by atoms with Crippen LogP contribution in [0.25, 0.3) is 10.9 Å². The van der Waals surface area contributed by atoms with Gasteiger partial charge in [0, 0.05) is 43.8 Å². The highest BCUT2D eigenvalue weighted by molar-refractivity contribution is 5.92. The van der Waals surface area contributed by atoms with Crippen LogP contribution in [0.5, 0.6) is 11.5 Å². The van der Waals surface area contributed by atoms with E-state index < -0.39 is 0 Å². The molecular formula is C20H22N6O3. The lowest BCUT2D eigenvalue weighted by Crippen LogP contribution is -2.50. The molecule has 0 spiro atoms. The minimum atomic E-state index is -0.128. The Bertz CT molecular complexity index is 1010. The summed E-state index contributed by atoms with van der Waals surface area (Å²) in [7, 11) is 3.20. The summed E-state index contributed by atoms with van der Waals surface area (Å²) in [5.74, 6) is 2.08. The molecule has 3 aromatic rings. The van der Waals surface area contributed by atoms with Gasteiger partial charge in [0.2, 0.25) is 0 Å². The van der Waals surface area contributed by atoms with Gasteiger partial charge >= 0.3 is 6.03 Å². The number of carbonyl (C=O) groups is 1. The Balaban J connectivity index is 1.49. The number of anilines is 2. The standard InChI is InChI=1S/C20H22N6O3/c1-28-17-10-15-16(11-18(17)29-2)22-13-23-19(15)25-6-8-26(9-7-25)20(27)24-14-4-3-5-21-12-14/h3-5,10-13H,6-9H2,1-2H3,(H,24,27). The molecule has 1 saturated heterocycles. The number of pyridine rings is 1. The van der Waals surface area contributed by atoms with Crippen molar-refractivity contribution in [1.29, 1.82) is 0 Å². The molecule has 0 atom stereocenters. The Morgan fingerprint density at radius 2 is 1.83 bits per heavy atom. The Kier molecular flexibility index (Phi) is 5.28. The fourth-order valence-electron chi connectivity index (χ4n) is 3.38. The molecule has 0 unspecified atom stereocenters. The second-order valence-corrected chi connectivity index (χ2v) is 6.57. The van der Waals surface area contributed by atoms with E-state index in [0.717, 1.165) is 16.7 Å². The van der Waals surface area contributed by atoms with Gasteiger partial charge < -0.3 is 24.6 Å². The molecule has 2 aromatic heterocycles. The van der Waals surface area contributed by atoms with Crippen LogP contribution >= 0.6 is 0 Å². The van der Waals surface area contributed by atoms with Crippen LogP contribution in [0.3, 0.4) is 0 Å². The number of ether oxygens (including phenoxy) is 2. The fourth-order valence-corrected chi connectivity index (χ4v) is 3.38. The van der Waals surface area contributed by atoms with Gasteiger partial charge in [-0.15, -0.1) is 0 Å². The van der Waals surface area contributed by atoms with E-state index in [0.29, 0.717) is 43.4 Å². The number of nitrogens with one attached hydrogen (secondary N) is 1. The second-order valence-electron chi connectivity index (χ2n) is 6.57. The van der Waals surface area contributed by atoms with Gasteiger partial charge in [-0.25, -0.2) is 14.8 Å². The third-order valence-corrected chi connectivity index (χ3v) is 4.90. The summed E-state index contributed by atoms with van der Waals surface area (Å²) in [6, 6.07) is 7.21. The first-order chi connectivity index (χ1) is 14.2. The number of aromatic nitrogens is 3. The molecule has 0 aliphatic carbocycles. The molecule has 1 aliphatic rings. The average Bonchev–Trinajstić information content (AvgIpc) is 2.78. The molecule has 0 bridgehead atoms. The van der Waals surface area contributed by atoms with E-state index in [4.69, 9.17) is 9.47 Å². The van der Waals surface area contributed by atoms with E-state index in [1.165, 1.54) is 0 Å². The maximum atomic E-state index is 12.5. The number of methoxy groups -OCH3 is 2. The van der Waals surface area contributed by atoms with Gasteiger partial charge in [-0.3, -0.25) is 4.98 Å². The molecule has 4 rings (SSSR count). The zero-order chi connectivity index (χ0) is 20.2. The summed E-state index contributed by atoms with van der Waals surface area (Å²) in [6.45, 7) is 2.51. The molecule has 1 aliphatic heterocycles. The number of benzene rings is 1. The van der Waals surface area contributed by atoms with E-state index in [2.05, 4.69) is 25.2 Å². The highest BCUT2D eigenvalue weighted by Crippen LogP contribution is 2.34. The minimum Gasteiger partial charge on any atom is -0.493 e. The number of urea groups is 1. The molecule has 1 aromatic carbocycles. The third kappa shape index (κ3) is 3.84. The van der Waals surface area contributed by atoms with Crippen LogP contribution in [-0.4, -0.2) is 66.3 Å². The summed E-state index contributed by atoms with van der Waals surface area (Å²) in [5.41, 5.74) is 1.46. The smallest absolute Gasteiger partial charge is 0.322 e. The lowest BCUT2D eigenvalue weighted by atomic mass is 10.2. The van der Waals surface area contributed by atoms with Crippen molar-refractivity contribution < 1.29 is 14.3 Å². The molecule has 9 heteroatoms. The second kappa shape index (κ2) is 8.17. The summed E-state index contributed by atoms with van der Waals surface area (Å²) < 4.78 is 10.8. The fraction of sp³-hybridized carbons (Fsp3) is 0.300. The van der Waals surface area contributed by atoms with E-state index in [1.807, 2.05) is 18.2 Å². The maximum absolute atomic E-state index is 12.5. The van der Waals surface area contributed by atoms with Gasteiger partial charge in [-0.05, 0) is 18.2 Å². The predicted octanol–water partition coefficient (Wildman–Crippen LogP) is 2.40. The molecule has 29 heavy (non-hydrogen) atoms. The lowest BCUT2D eigenvalue weighted by Gasteiger charge is -2.35. The van der Waals surface area contributed by atoms with E-state index in [9.17, 15) is 4.79 Å². The topological polar surface area (TPSA) is 92.7 Å². The predicted molar refractivity (Wildman–Crippen MR) is 110 cm³/mol. The maximum Gasteiger partial charge on any atom is 0.322 e. The Morgan fingerprint density at radius 3 is 2.52 bits per heavy atom. The van der Waals surface area contributed by atoms with Crippen molar-refractivity contribution in [3.63, 3.8) is 0 Å². The number of carbonyl (C=O) groups excluding carboxylic acids is 1. The number of piperazine rings is 1. The molecule has 150 valence electrons. The van der Waals surface area contributed by atoms with Crippen LogP contribution in [0.2, 0.25) is 0 Å².